The van der Waals surface area contributed by atoms with E-state index < -0.39 is 0 Å². The third-order valence-electron chi connectivity index (χ3n) is 3.81. The number of rotatable bonds is 4. The molecule has 1 saturated carbocycles. The van der Waals surface area contributed by atoms with Crippen molar-refractivity contribution in [3.05, 3.63) is 24.0 Å². The van der Waals surface area contributed by atoms with Crippen molar-refractivity contribution in [2.75, 3.05) is 0 Å². The molecule has 0 radical (unpaired) electrons. The van der Waals surface area contributed by atoms with Crippen LogP contribution >= 0.6 is 0 Å². The molecule has 2 N–H and O–H groups in total. The Morgan fingerprint density at radius 1 is 1.29 bits per heavy atom. The summed E-state index contributed by atoms with van der Waals surface area (Å²) in [7, 11) is 0. The minimum Gasteiger partial charge on any atom is -0.506 e. The van der Waals surface area contributed by atoms with Crippen LogP contribution in [0.15, 0.2) is 18.3 Å². The number of hydrogen-bond donors (Lipinski definition) is 2. The fourth-order valence-corrected chi connectivity index (χ4v) is 2.54. The molecule has 1 heterocycles. The van der Waals surface area contributed by atoms with Gasteiger partial charge in [0, 0.05) is 12.6 Å². The second-order valence-electron chi connectivity index (χ2n) is 5.01. The van der Waals surface area contributed by atoms with Crippen molar-refractivity contribution in [1.29, 1.82) is 0 Å². The zero-order chi connectivity index (χ0) is 12.1. The molecule has 1 aliphatic carbocycles. The highest BCUT2D eigenvalue weighted by molar-refractivity contribution is 5.17. The van der Waals surface area contributed by atoms with Crippen LogP contribution in [0.4, 0.5) is 0 Å². The number of nitrogens with zero attached hydrogens (tertiary/aromatic N) is 1. The molecule has 0 atom stereocenters. The van der Waals surface area contributed by atoms with Crippen molar-refractivity contribution >= 4 is 0 Å². The molecule has 94 valence electrons. The lowest BCUT2D eigenvalue weighted by molar-refractivity contribution is 0.284. The lowest BCUT2D eigenvalue weighted by atomic mass is 9.84. The fraction of sp³-hybridized carbons (Fsp3) is 0.643. The maximum atomic E-state index is 9.15. The summed E-state index contributed by atoms with van der Waals surface area (Å²) < 4.78 is 0. The molecule has 0 saturated heterocycles. The molecule has 0 aromatic carbocycles. The second-order valence-corrected chi connectivity index (χ2v) is 5.01. The largest absolute Gasteiger partial charge is 0.506 e. The summed E-state index contributed by atoms with van der Waals surface area (Å²) in [5.74, 6) is 1.18. The van der Waals surface area contributed by atoms with E-state index in [2.05, 4.69) is 17.2 Å². The van der Waals surface area contributed by atoms with Crippen molar-refractivity contribution in [3.8, 4) is 5.75 Å². The van der Waals surface area contributed by atoms with Crippen LogP contribution in [-0.2, 0) is 6.54 Å². The molecular weight excluding hydrogens is 212 g/mol. The number of aromatic nitrogens is 1. The predicted molar refractivity (Wildman–Crippen MR) is 68.8 cm³/mol. The zero-order valence-corrected chi connectivity index (χ0v) is 10.5. The van der Waals surface area contributed by atoms with E-state index in [-0.39, 0.29) is 5.75 Å². The lowest BCUT2D eigenvalue weighted by Crippen LogP contribution is -2.32. The summed E-state index contributed by atoms with van der Waals surface area (Å²) in [4.78, 5) is 4.18. The Labute approximate surface area is 103 Å². The van der Waals surface area contributed by atoms with Gasteiger partial charge in [-0.25, -0.2) is 0 Å². The average molecular weight is 234 g/mol. The molecule has 0 bridgehead atoms. The normalized spacial score (nSPS) is 24.8. The summed E-state index contributed by atoms with van der Waals surface area (Å²) in [6.45, 7) is 3.10. The average Bonchev–Trinajstić information content (AvgIpc) is 2.39. The lowest BCUT2D eigenvalue weighted by Gasteiger charge is -2.28. The molecule has 1 fully saturated rings. The summed E-state index contributed by atoms with van der Waals surface area (Å²) >= 11 is 0. The number of pyridine rings is 1. The van der Waals surface area contributed by atoms with Gasteiger partial charge in [0.05, 0.1) is 11.9 Å². The quantitative estimate of drug-likeness (QED) is 0.842. The minimum atomic E-state index is 0.234. The van der Waals surface area contributed by atoms with E-state index >= 15 is 0 Å². The molecule has 0 spiro atoms. The van der Waals surface area contributed by atoms with Crippen molar-refractivity contribution in [1.82, 2.24) is 10.3 Å². The van der Waals surface area contributed by atoms with Gasteiger partial charge in [-0.1, -0.05) is 13.3 Å². The minimum absolute atomic E-state index is 0.234. The second kappa shape index (κ2) is 6.01. The van der Waals surface area contributed by atoms with Gasteiger partial charge in [-0.3, -0.25) is 4.98 Å². The Morgan fingerprint density at radius 3 is 2.65 bits per heavy atom. The Morgan fingerprint density at radius 2 is 2.06 bits per heavy atom. The van der Waals surface area contributed by atoms with E-state index in [1.807, 2.05) is 6.07 Å². The standard InChI is InChI=1S/C14H22N2O/c1-2-11-3-5-12(6-4-11)15-9-13-7-8-14(17)10-16-13/h7-8,10-12,15,17H,2-6,9H2,1H3. The topological polar surface area (TPSA) is 45.1 Å². The van der Waals surface area contributed by atoms with Gasteiger partial charge in [0.2, 0.25) is 0 Å². The van der Waals surface area contributed by atoms with Crippen molar-refractivity contribution < 1.29 is 5.11 Å². The third kappa shape index (κ3) is 3.70. The first-order chi connectivity index (χ1) is 8.28. The maximum Gasteiger partial charge on any atom is 0.133 e. The Bertz CT molecular complexity index is 329. The molecule has 2 rings (SSSR count). The van der Waals surface area contributed by atoms with E-state index in [1.54, 1.807) is 6.07 Å². The van der Waals surface area contributed by atoms with Crippen molar-refractivity contribution in [2.45, 2.75) is 51.6 Å². The molecule has 0 amide bonds. The number of aromatic hydroxyl groups is 1. The summed E-state index contributed by atoms with van der Waals surface area (Å²) in [5.41, 5.74) is 1.00. The van der Waals surface area contributed by atoms with E-state index in [1.165, 1.54) is 38.3 Å². The summed E-state index contributed by atoms with van der Waals surface area (Å²) in [6, 6.07) is 4.21. The Hall–Kier alpha value is -1.09. The number of nitrogens with one attached hydrogen (secondary N) is 1. The van der Waals surface area contributed by atoms with Crippen LogP contribution < -0.4 is 5.32 Å². The molecule has 0 unspecified atom stereocenters. The van der Waals surface area contributed by atoms with E-state index in [4.69, 9.17) is 5.11 Å². The van der Waals surface area contributed by atoms with Crippen LogP contribution in [-0.4, -0.2) is 16.1 Å². The molecule has 1 aromatic heterocycles. The first-order valence-corrected chi connectivity index (χ1v) is 6.65. The smallest absolute Gasteiger partial charge is 0.133 e. The van der Waals surface area contributed by atoms with Crippen molar-refractivity contribution in [3.63, 3.8) is 0 Å². The van der Waals surface area contributed by atoms with Gasteiger partial charge in [0.25, 0.3) is 0 Å². The predicted octanol–water partition coefficient (Wildman–Crippen LogP) is 2.85. The van der Waals surface area contributed by atoms with Gasteiger partial charge in [0.15, 0.2) is 0 Å². The first kappa shape index (κ1) is 12.4. The van der Waals surface area contributed by atoms with E-state index in [0.29, 0.717) is 6.04 Å². The molecule has 1 aliphatic rings. The molecular formula is C14H22N2O. The third-order valence-corrected chi connectivity index (χ3v) is 3.81. The van der Waals surface area contributed by atoms with Crippen LogP contribution in [0.5, 0.6) is 5.75 Å². The van der Waals surface area contributed by atoms with E-state index in [9.17, 15) is 0 Å². The van der Waals surface area contributed by atoms with Gasteiger partial charge >= 0.3 is 0 Å². The highest BCUT2D eigenvalue weighted by Gasteiger charge is 2.19. The fourth-order valence-electron chi connectivity index (χ4n) is 2.54. The van der Waals surface area contributed by atoms with Crippen LogP contribution in [0.3, 0.4) is 0 Å². The van der Waals surface area contributed by atoms with Gasteiger partial charge < -0.3 is 10.4 Å². The summed E-state index contributed by atoms with van der Waals surface area (Å²) in [5, 5.41) is 12.7. The van der Waals surface area contributed by atoms with Crippen LogP contribution in [0, 0.1) is 5.92 Å². The maximum absolute atomic E-state index is 9.15. The van der Waals surface area contributed by atoms with Gasteiger partial charge in [-0.2, -0.15) is 0 Å². The van der Waals surface area contributed by atoms with Gasteiger partial charge in [0.1, 0.15) is 5.75 Å². The highest BCUT2D eigenvalue weighted by atomic mass is 16.3. The first-order valence-electron chi connectivity index (χ1n) is 6.65. The molecule has 0 aliphatic heterocycles. The Balaban J connectivity index is 1.74. The summed E-state index contributed by atoms with van der Waals surface area (Å²) in [6.07, 6.45) is 8.12. The SMILES string of the molecule is CCC1CCC(NCc2ccc(O)cn2)CC1. The van der Waals surface area contributed by atoms with Crippen LogP contribution in [0.2, 0.25) is 0 Å². The van der Waals surface area contributed by atoms with Gasteiger partial charge in [-0.05, 0) is 43.7 Å². The van der Waals surface area contributed by atoms with Crippen LogP contribution in [0.25, 0.3) is 0 Å². The Kier molecular flexibility index (Phi) is 4.37. The van der Waals surface area contributed by atoms with E-state index in [0.717, 1.165) is 18.2 Å². The van der Waals surface area contributed by atoms with Crippen molar-refractivity contribution in [2.24, 2.45) is 5.92 Å². The van der Waals surface area contributed by atoms with Crippen LogP contribution in [0.1, 0.15) is 44.7 Å². The molecule has 17 heavy (non-hydrogen) atoms. The number of hydrogen-bond acceptors (Lipinski definition) is 3. The molecule has 1 aromatic rings. The monoisotopic (exact) mass is 234 g/mol. The molecule has 3 nitrogen and oxygen atoms in total. The zero-order valence-electron chi connectivity index (χ0n) is 10.5. The molecule has 3 heteroatoms. The highest BCUT2D eigenvalue weighted by Crippen LogP contribution is 2.26. The van der Waals surface area contributed by atoms with Gasteiger partial charge in [-0.15, -0.1) is 0 Å².